The Morgan fingerprint density at radius 1 is 1.31 bits per heavy atom. The van der Waals surface area contributed by atoms with Crippen LogP contribution in [0, 0.1) is 5.82 Å². The molecular formula is C25H29ClFN5O3S. The fourth-order valence-corrected chi connectivity index (χ4v) is 5.55. The van der Waals surface area contributed by atoms with Crippen LogP contribution in [0.4, 0.5) is 9.18 Å². The van der Waals surface area contributed by atoms with Crippen LogP contribution in [0.5, 0.6) is 0 Å². The van der Waals surface area contributed by atoms with Gasteiger partial charge in [-0.15, -0.1) is 11.3 Å². The summed E-state index contributed by atoms with van der Waals surface area (Å²) in [5.41, 5.74) is 1.82. The zero-order valence-electron chi connectivity index (χ0n) is 20.2. The Kier molecular flexibility index (Phi) is 8.58. The number of amides is 2. The molecule has 1 aromatic carbocycles. The third-order valence-electron chi connectivity index (χ3n) is 6.21. The highest BCUT2D eigenvalue weighted by molar-refractivity contribution is 7.09. The number of aryl methyl sites for hydroxylation is 1. The lowest BCUT2D eigenvalue weighted by Gasteiger charge is -2.33. The summed E-state index contributed by atoms with van der Waals surface area (Å²) in [7, 11) is 1.32. The van der Waals surface area contributed by atoms with Crippen LogP contribution in [0.2, 0.25) is 5.02 Å². The Morgan fingerprint density at radius 3 is 2.81 bits per heavy atom. The number of alkyl carbamates (subject to hydrolysis) is 1. The molecule has 2 aliphatic heterocycles. The molecule has 4 rings (SSSR count). The van der Waals surface area contributed by atoms with Gasteiger partial charge in [0.15, 0.2) is 0 Å². The molecule has 2 aliphatic rings. The smallest absolute Gasteiger partial charge is 0.407 e. The number of benzene rings is 1. The van der Waals surface area contributed by atoms with E-state index in [9.17, 15) is 14.0 Å². The van der Waals surface area contributed by atoms with Gasteiger partial charge >= 0.3 is 6.09 Å². The third-order valence-corrected chi connectivity index (χ3v) is 7.38. The van der Waals surface area contributed by atoms with Gasteiger partial charge in [-0.2, -0.15) is 0 Å². The number of aliphatic imine (C=N–C) groups is 1. The molecule has 11 heteroatoms. The highest BCUT2D eigenvalue weighted by Crippen LogP contribution is 2.41. The van der Waals surface area contributed by atoms with Gasteiger partial charge in [-0.1, -0.05) is 17.7 Å². The second-order valence-electron chi connectivity index (χ2n) is 8.61. The predicted octanol–water partition coefficient (Wildman–Crippen LogP) is 4.62. The first kappa shape index (κ1) is 26.1. The van der Waals surface area contributed by atoms with Crippen LogP contribution >= 0.6 is 22.9 Å². The number of halogens is 2. The number of carbonyl (C=O) groups excluding carboxylic acids is 2. The van der Waals surface area contributed by atoms with Crippen molar-refractivity contribution in [3.05, 3.63) is 62.5 Å². The molecule has 2 N–H and O–H groups in total. The van der Waals surface area contributed by atoms with E-state index in [2.05, 4.69) is 15.6 Å². The Balaban J connectivity index is 1.67. The number of ether oxygens (including phenoxy) is 1. The van der Waals surface area contributed by atoms with Crippen LogP contribution in [0.25, 0.3) is 0 Å². The number of carbonyl (C=O) groups is 2. The monoisotopic (exact) mass is 533 g/mol. The summed E-state index contributed by atoms with van der Waals surface area (Å²) in [6.07, 6.45) is 5.09. The molecule has 2 amide bonds. The Labute approximate surface area is 218 Å². The molecule has 2 atom stereocenters. The second kappa shape index (κ2) is 11.8. The zero-order valence-corrected chi connectivity index (χ0v) is 21.8. The molecule has 8 nitrogen and oxygen atoms in total. The number of unbranched alkanes of at least 4 members (excludes halogenated alkanes) is 1. The third kappa shape index (κ3) is 5.87. The number of rotatable bonds is 9. The number of nitrogens with one attached hydrogen (secondary N) is 2. The summed E-state index contributed by atoms with van der Waals surface area (Å²) in [5, 5.41) is 9.01. The van der Waals surface area contributed by atoms with Crippen LogP contribution in [-0.4, -0.2) is 54.0 Å². The number of amidine groups is 1. The fraction of sp³-hybridized carbons (Fsp3) is 0.440. The van der Waals surface area contributed by atoms with E-state index in [4.69, 9.17) is 21.3 Å². The standard InChI is InChI=1S/C25H29ClFN5O3S/c1-3-28-24(33)22-19-13-16(30-25(34)35-2)14-32(19)20(6-4-5-7-21-29-10-11-36-21)31-23(22)17-9-8-15(27)12-18(17)26/h8-12,16,23H,3-7,13-14H2,1-2H3,(H,28,33)(H,30,34)/t16-,23-/m0/s1. The highest BCUT2D eigenvalue weighted by Gasteiger charge is 2.41. The Morgan fingerprint density at radius 2 is 2.11 bits per heavy atom. The predicted molar refractivity (Wildman–Crippen MR) is 138 cm³/mol. The first-order valence-corrected chi connectivity index (χ1v) is 13.2. The summed E-state index contributed by atoms with van der Waals surface area (Å²) in [6.45, 7) is 2.76. The number of nitrogens with zero attached hydrogens (tertiary/aromatic N) is 3. The minimum Gasteiger partial charge on any atom is -0.453 e. The van der Waals surface area contributed by atoms with Crippen molar-refractivity contribution >= 4 is 40.8 Å². The second-order valence-corrected chi connectivity index (χ2v) is 10.0. The molecule has 0 saturated carbocycles. The largest absolute Gasteiger partial charge is 0.453 e. The van der Waals surface area contributed by atoms with E-state index in [1.54, 1.807) is 23.6 Å². The van der Waals surface area contributed by atoms with Crippen molar-refractivity contribution in [1.82, 2.24) is 20.5 Å². The summed E-state index contributed by atoms with van der Waals surface area (Å²) >= 11 is 8.08. The van der Waals surface area contributed by atoms with Crippen molar-refractivity contribution in [3.63, 3.8) is 0 Å². The van der Waals surface area contributed by atoms with Crippen molar-refractivity contribution in [1.29, 1.82) is 0 Å². The number of likely N-dealkylation sites (N-methyl/N-ethyl adjacent to an activating group) is 1. The minimum absolute atomic E-state index is 0.213. The van der Waals surface area contributed by atoms with Crippen LogP contribution < -0.4 is 10.6 Å². The van der Waals surface area contributed by atoms with Crippen LogP contribution in [-0.2, 0) is 16.0 Å². The maximum Gasteiger partial charge on any atom is 0.407 e. The number of thiazole rings is 1. The van der Waals surface area contributed by atoms with E-state index in [-0.39, 0.29) is 17.0 Å². The van der Waals surface area contributed by atoms with E-state index in [1.807, 2.05) is 17.2 Å². The van der Waals surface area contributed by atoms with Gasteiger partial charge in [0, 0.05) is 53.8 Å². The summed E-state index contributed by atoms with van der Waals surface area (Å²) in [6, 6.07) is 3.22. The lowest BCUT2D eigenvalue weighted by molar-refractivity contribution is -0.117. The molecule has 0 spiro atoms. The first-order valence-electron chi connectivity index (χ1n) is 11.9. The molecule has 192 valence electrons. The van der Waals surface area contributed by atoms with E-state index in [1.165, 1.54) is 19.2 Å². The summed E-state index contributed by atoms with van der Waals surface area (Å²) in [4.78, 5) is 36.6. The van der Waals surface area contributed by atoms with Crippen molar-refractivity contribution in [3.8, 4) is 0 Å². The van der Waals surface area contributed by atoms with Gasteiger partial charge in [-0.05, 0) is 38.3 Å². The number of fused-ring (bicyclic) bond motifs is 1. The molecule has 2 aromatic rings. The van der Waals surface area contributed by atoms with Gasteiger partial charge in [0.25, 0.3) is 5.91 Å². The normalized spacial score (nSPS) is 19.1. The fourth-order valence-electron chi connectivity index (χ4n) is 4.61. The average molecular weight is 534 g/mol. The van der Waals surface area contributed by atoms with E-state index in [0.29, 0.717) is 37.1 Å². The number of hydrogen-bond acceptors (Lipinski definition) is 7. The van der Waals surface area contributed by atoms with Gasteiger partial charge in [0.2, 0.25) is 0 Å². The molecular weight excluding hydrogens is 505 g/mol. The maximum absolute atomic E-state index is 13.8. The lowest BCUT2D eigenvalue weighted by atomic mass is 9.93. The lowest BCUT2D eigenvalue weighted by Crippen LogP contribution is -2.40. The average Bonchev–Trinajstić information content (AvgIpc) is 3.51. The Hall–Kier alpha value is -2.98. The van der Waals surface area contributed by atoms with E-state index >= 15 is 0 Å². The minimum atomic E-state index is -0.679. The number of hydrogen-bond donors (Lipinski definition) is 2. The van der Waals surface area contributed by atoms with Crippen molar-refractivity contribution < 1.29 is 18.7 Å². The van der Waals surface area contributed by atoms with Gasteiger partial charge < -0.3 is 20.3 Å². The van der Waals surface area contributed by atoms with Crippen molar-refractivity contribution in [2.75, 3.05) is 20.2 Å². The molecule has 0 aliphatic carbocycles. The van der Waals surface area contributed by atoms with Gasteiger partial charge in [0.1, 0.15) is 17.7 Å². The zero-order chi connectivity index (χ0) is 25.7. The molecule has 1 fully saturated rings. The maximum atomic E-state index is 13.8. The SMILES string of the molecule is CCNC(=O)C1=C2C[C@H](NC(=O)OC)CN2C(CCCCc2nccs2)=N[C@H]1c1ccc(F)cc1Cl. The molecule has 0 radical (unpaired) electrons. The van der Waals surface area contributed by atoms with Crippen molar-refractivity contribution in [2.24, 2.45) is 4.99 Å². The van der Waals surface area contributed by atoms with Crippen LogP contribution in [0.3, 0.4) is 0 Å². The molecule has 1 aromatic heterocycles. The molecule has 0 bridgehead atoms. The number of aromatic nitrogens is 1. The summed E-state index contributed by atoms with van der Waals surface area (Å²) < 4.78 is 18.6. The molecule has 36 heavy (non-hydrogen) atoms. The molecule has 0 unspecified atom stereocenters. The van der Waals surface area contributed by atoms with Crippen molar-refractivity contribution in [2.45, 2.75) is 51.1 Å². The number of methoxy groups -OCH3 is 1. The first-order chi connectivity index (χ1) is 17.4. The van der Waals surface area contributed by atoms with Gasteiger partial charge in [0.05, 0.1) is 23.7 Å². The van der Waals surface area contributed by atoms with Crippen LogP contribution in [0.1, 0.15) is 49.2 Å². The quantitative estimate of drug-likeness (QED) is 0.458. The Bertz CT molecular complexity index is 1170. The van der Waals surface area contributed by atoms with Gasteiger partial charge in [-0.3, -0.25) is 9.79 Å². The van der Waals surface area contributed by atoms with E-state index < -0.39 is 18.0 Å². The van der Waals surface area contributed by atoms with Crippen LogP contribution in [0.15, 0.2) is 46.0 Å². The van der Waals surface area contributed by atoms with Gasteiger partial charge in [-0.25, -0.2) is 14.2 Å². The summed E-state index contributed by atoms with van der Waals surface area (Å²) in [5.74, 6) is 0.105. The highest BCUT2D eigenvalue weighted by atomic mass is 35.5. The molecule has 1 saturated heterocycles. The van der Waals surface area contributed by atoms with E-state index in [0.717, 1.165) is 35.8 Å². The topological polar surface area (TPSA) is 95.9 Å². The molecule has 3 heterocycles.